The molecule has 0 radical (unpaired) electrons. The molecule has 0 aliphatic rings. The lowest BCUT2D eigenvalue weighted by molar-refractivity contribution is 0.297. The molecule has 1 N–H and O–H groups in total. The number of methoxy groups -OCH3 is 1. The summed E-state index contributed by atoms with van der Waals surface area (Å²) in [7, 11) is 1.62. The van der Waals surface area contributed by atoms with E-state index in [2.05, 4.69) is 15.5 Å². The Bertz CT molecular complexity index is 1230. The van der Waals surface area contributed by atoms with E-state index < -0.39 is 0 Å². The van der Waals surface area contributed by atoms with Crippen LogP contribution in [0, 0.1) is 0 Å². The molecule has 3 aromatic carbocycles. The molecule has 5 nitrogen and oxygen atoms in total. The van der Waals surface area contributed by atoms with Crippen LogP contribution in [-0.4, -0.2) is 18.3 Å². The first-order valence-electron chi connectivity index (χ1n) is 9.67. The number of thiazole rings is 1. The van der Waals surface area contributed by atoms with Gasteiger partial charge in [0.2, 0.25) is 5.13 Å². The van der Waals surface area contributed by atoms with E-state index in [9.17, 15) is 0 Å². The van der Waals surface area contributed by atoms with Crippen molar-refractivity contribution >= 4 is 45.9 Å². The number of halogens is 2. The van der Waals surface area contributed by atoms with Crippen molar-refractivity contribution < 1.29 is 9.47 Å². The topological polar surface area (TPSA) is 55.7 Å². The summed E-state index contributed by atoms with van der Waals surface area (Å²) >= 11 is 13.6. The molecule has 32 heavy (non-hydrogen) atoms. The summed E-state index contributed by atoms with van der Waals surface area (Å²) < 4.78 is 11.3. The zero-order valence-electron chi connectivity index (χ0n) is 17.1. The Hall–Kier alpha value is -3.06. The smallest absolute Gasteiger partial charge is 0.203 e. The van der Waals surface area contributed by atoms with Crippen LogP contribution in [0.3, 0.4) is 0 Å². The first kappa shape index (κ1) is 22.1. The number of anilines is 1. The van der Waals surface area contributed by atoms with E-state index in [0.717, 1.165) is 27.5 Å². The zero-order chi connectivity index (χ0) is 22.3. The Morgan fingerprint density at radius 1 is 1.03 bits per heavy atom. The predicted octanol–water partition coefficient (Wildman–Crippen LogP) is 7.15. The molecule has 0 bridgehead atoms. The van der Waals surface area contributed by atoms with Crippen LogP contribution in [0.5, 0.6) is 11.5 Å². The van der Waals surface area contributed by atoms with Crippen molar-refractivity contribution in [2.45, 2.75) is 6.61 Å². The zero-order valence-corrected chi connectivity index (χ0v) is 19.4. The summed E-state index contributed by atoms with van der Waals surface area (Å²) in [6.07, 6.45) is 1.72. The highest BCUT2D eigenvalue weighted by Crippen LogP contribution is 2.29. The second kappa shape index (κ2) is 10.5. The molecule has 8 heteroatoms. The standard InChI is InChI=1S/C24H19Cl2N3O2S/c1-30-22-9-7-16(11-18(22)14-31-23-10-8-19(25)12-20(23)26)13-27-29-24-28-21(15-32-24)17-5-3-2-4-6-17/h2-13,15H,14H2,1H3,(H,28,29). The molecule has 162 valence electrons. The molecule has 0 fully saturated rings. The minimum Gasteiger partial charge on any atom is -0.496 e. The molecule has 0 aliphatic carbocycles. The average Bonchev–Trinajstić information content (AvgIpc) is 3.28. The van der Waals surface area contributed by atoms with Gasteiger partial charge in [0.1, 0.15) is 18.1 Å². The summed E-state index contributed by atoms with van der Waals surface area (Å²) in [5.41, 5.74) is 6.72. The molecule has 0 saturated carbocycles. The molecule has 0 saturated heterocycles. The molecule has 4 aromatic rings. The number of hydrogen-bond acceptors (Lipinski definition) is 6. The van der Waals surface area contributed by atoms with Crippen molar-refractivity contribution in [1.29, 1.82) is 0 Å². The Morgan fingerprint density at radius 3 is 2.62 bits per heavy atom. The van der Waals surface area contributed by atoms with Crippen molar-refractivity contribution in [3.05, 3.63) is 93.3 Å². The van der Waals surface area contributed by atoms with E-state index in [-0.39, 0.29) is 6.61 Å². The normalized spacial score (nSPS) is 11.0. The van der Waals surface area contributed by atoms with Crippen molar-refractivity contribution in [3.63, 3.8) is 0 Å². The quantitative estimate of drug-likeness (QED) is 0.213. The van der Waals surface area contributed by atoms with Crippen LogP contribution in [0.25, 0.3) is 11.3 Å². The average molecular weight is 484 g/mol. The summed E-state index contributed by atoms with van der Waals surface area (Å²) in [6, 6.07) is 20.9. The van der Waals surface area contributed by atoms with Crippen LogP contribution in [0.4, 0.5) is 5.13 Å². The second-order valence-electron chi connectivity index (χ2n) is 6.71. The molecular weight excluding hydrogens is 465 g/mol. The van der Waals surface area contributed by atoms with Gasteiger partial charge in [-0.2, -0.15) is 5.10 Å². The maximum Gasteiger partial charge on any atom is 0.203 e. The summed E-state index contributed by atoms with van der Waals surface area (Å²) in [5.74, 6) is 1.27. The van der Waals surface area contributed by atoms with Crippen LogP contribution in [-0.2, 0) is 6.61 Å². The second-order valence-corrected chi connectivity index (χ2v) is 8.41. The lowest BCUT2D eigenvalue weighted by Crippen LogP contribution is -2.01. The summed E-state index contributed by atoms with van der Waals surface area (Å²) in [6.45, 7) is 0.284. The molecule has 1 heterocycles. The van der Waals surface area contributed by atoms with Gasteiger partial charge in [-0.1, -0.05) is 53.5 Å². The molecule has 0 atom stereocenters. The fraction of sp³-hybridized carbons (Fsp3) is 0.0833. The third-order valence-electron chi connectivity index (χ3n) is 4.53. The highest BCUT2D eigenvalue weighted by molar-refractivity contribution is 7.14. The predicted molar refractivity (Wildman–Crippen MR) is 133 cm³/mol. The third kappa shape index (κ3) is 5.59. The highest BCUT2D eigenvalue weighted by Gasteiger charge is 2.08. The largest absolute Gasteiger partial charge is 0.496 e. The van der Waals surface area contributed by atoms with Gasteiger partial charge in [0, 0.05) is 21.5 Å². The van der Waals surface area contributed by atoms with E-state index in [1.165, 1.54) is 11.3 Å². The number of benzene rings is 3. The minimum atomic E-state index is 0.284. The maximum atomic E-state index is 6.19. The van der Waals surface area contributed by atoms with E-state index in [1.807, 2.05) is 53.9 Å². The fourth-order valence-corrected chi connectivity index (χ4v) is 4.10. The van der Waals surface area contributed by atoms with Crippen LogP contribution in [0.2, 0.25) is 10.0 Å². The fourth-order valence-electron chi connectivity index (χ4n) is 2.97. The molecular formula is C24H19Cl2N3O2S. The van der Waals surface area contributed by atoms with E-state index in [0.29, 0.717) is 21.5 Å². The van der Waals surface area contributed by atoms with Gasteiger partial charge in [0.25, 0.3) is 0 Å². The Kier molecular flexibility index (Phi) is 7.27. The van der Waals surface area contributed by atoms with Gasteiger partial charge in [-0.3, -0.25) is 5.43 Å². The van der Waals surface area contributed by atoms with Gasteiger partial charge in [0.15, 0.2) is 0 Å². The molecule has 0 amide bonds. The number of aromatic nitrogens is 1. The molecule has 0 unspecified atom stereocenters. The van der Waals surface area contributed by atoms with Crippen molar-refractivity contribution in [1.82, 2.24) is 4.98 Å². The van der Waals surface area contributed by atoms with E-state index in [4.69, 9.17) is 32.7 Å². The number of hydrazone groups is 1. The van der Waals surface area contributed by atoms with Gasteiger partial charge in [-0.05, 0) is 42.0 Å². The number of nitrogens with one attached hydrogen (secondary N) is 1. The number of rotatable bonds is 8. The minimum absolute atomic E-state index is 0.284. The molecule has 4 rings (SSSR count). The van der Waals surface area contributed by atoms with Gasteiger partial charge in [-0.15, -0.1) is 11.3 Å². The monoisotopic (exact) mass is 483 g/mol. The third-order valence-corrected chi connectivity index (χ3v) is 5.81. The van der Waals surface area contributed by atoms with Crippen LogP contribution in [0.1, 0.15) is 11.1 Å². The Labute approximate surface area is 200 Å². The molecule has 0 spiro atoms. The number of nitrogens with zero attached hydrogens (tertiary/aromatic N) is 2. The highest BCUT2D eigenvalue weighted by atomic mass is 35.5. The van der Waals surface area contributed by atoms with Crippen LogP contribution >= 0.6 is 34.5 Å². The number of ether oxygens (including phenoxy) is 2. The van der Waals surface area contributed by atoms with Gasteiger partial charge in [-0.25, -0.2) is 4.98 Å². The summed E-state index contributed by atoms with van der Waals surface area (Å²) in [4.78, 5) is 4.57. The Balaban J connectivity index is 1.43. The maximum absolute atomic E-state index is 6.19. The Morgan fingerprint density at radius 2 is 1.84 bits per heavy atom. The summed E-state index contributed by atoms with van der Waals surface area (Å²) in [5, 5.41) is 8.04. The van der Waals surface area contributed by atoms with Crippen LogP contribution < -0.4 is 14.9 Å². The lowest BCUT2D eigenvalue weighted by Gasteiger charge is -2.12. The molecule has 0 aliphatic heterocycles. The molecule has 1 aromatic heterocycles. The van der Waals surface area contributed by atoms with Gasteiger partial charge in [0.05, 0.1) is 24.0 Å². The number of hydrogen-bond donors (Lipinski definition) is 1. The van der Waals surface area contributed by atoms with Crippen molar-refractivity contribution in [2.24, 2.45) is 5.10 Å². The first-order valence-corrected chi connectivity index (χ1v) is 11.3. The SMILES string of the molecule is COc1ccc(C=NNc2nc(-c3ccccc3)cs2)cc1COc1ccc(Cl)cc1Cl. The lowest BCUT2D eigenvalue weighted by atomic mass is 10.1. The van der Waals surface area contributed by atoms with Crippen molar-refractivity contribution in [3.8, 4) is 22.8 Å². The van der Waals surface area contributed by atoms with Gasteiger partial charge < -0.3 is 9.47 Å². The van der Waals surface area contributed by atoms with E-state index >= 15 is 0 Å². The van der Waals surface area contributed by atoms with Gasteiger partial charge >= 0.3 is 0 Å². The first-order chi connectivity index (χ1) is 15.6. The van der Waals surface area contributed by atoms with Crippen molar-refractivity contribution in [2.75, 3.05) is 12.5 Å². The van der Waals surface area contributed by atoms with E-state index in [1.54, 1.807) is 31.5 Å². The van der Waals surface area contributed by atoms with Crippen LogP contribution in [0.15, 0.2) is 77.2 Å².